The summed E-state index contributed by atoms with van der Waals surface area (Å²) in [5.41, 5.74) is 0. The third kappa shape index (κ3) is 2.58. The predicted octanol–water partition coefficient (Wildman–Crippen LogP) is -0.107. The van der Waals surface area contributed by atoms with Gasteiger partial charge in [-0.15, -0.1) is 0 Å². The quantitative estimate of drug-likeness (QED) is 0.672. The summed E-state index contributed by atoms with van der Waals surface area (Å²) in [7, 11) is 0. The molecule has 2 rings (SSSR count). The second kappa shape index (κ2) is 5.01. The Hall–Kier alpha value is -1.14. The van der Waals surface area contributed by atoms with Gasteiger partial charge >= 0.3 is 0 Å². The maximum Gasteiger partial charge on any atom is 0.229 e. The molecular weight excluding hydrogens is 224 g/mol. The van der Waals surface area contributed by atoms with Gasteiger partial charge in [0.15, 0.2) is 0 Å². The normalized spacial score (nSPS) is 37.8. The van der Waals surface area contributed by atoms with Crippen LogP contribution in [-0.4, -0.2) is 46.0 Å². The maximum atomic E-state index is 9.73. The van der Waals surface area contributed by atoms with Gasteiger partial charge in [0.05, 0.1) is 6.10 Å². The fraction of sp³-hybridized carbons (Fsp3) is 0.500. The van der Waals surface area contributed by atoms with Crippen molar-refractivity contribution in [2.75, 3.05) is 0 Å². The van der Waals surface area contributed by atoms with Crippen LogP contribution < -0.4 is 4.74 Å². The summed E-state index contributed by atoms with van der Waals surface area (Å²) < 4.78 is 10.7. The van der Waals surface area contributed by atoms with Crippen LogP contribution in [0.2, 0.25) is 0 Å². The van der Waals surface area contributed by atoms with Gasteiger partial charge in [0.2, 0.25) is 6.29 Å². The highest BCUT2D eigenvalue weighted by atomic mass is 16.7. The molecule has 17 heavy (non-hydrogen) atoms. The number of rotatable bonds is 2. The van der Waals surface area contributed by atoms with Crippen molar-refractivity contribution >= 4 is 0 Å². The van der Waals surface area contributed by atoms with E-state index in [9.17, 15) is 15.3 Å². The Kier molecular flexibility index (Phi) is 3.63. The summed E-state index contributed by atoms with van der Waals surface area (Å²) in [5, 5.41) is 28.8. The van der Waals surface area contributed by atoms with Gasteiger partial charge in [-0.2, -0.15) is 0 Å². The largest absolute Gasteiger partial charge is 0.462 e. The molecule has 1 aromatic carbocycles. The van der Waals surface area contributed by atoms with E-state index in [1.54, 1.807) is 31.2 Å². The summed E-state index contributed by atoms with van der Waals surface area (Å²) in [6.45, 7) is 1.61. The van der Waals surface area contributed by atoms with E-state index in [1.807, 2.05) is 6.07 Å². The van der Waals surface area contributed by atoms with Gasteiger partial charge in [-0.05, 0) is 19.1 Å². The topological polar surface area (TPSA) is 79.2 Å². The first-order chi connectivity index (χ1) is 8.09. The fourth-order valence-electron chi connectivity index (χ4n) is 1.74. The number of hydrogen-bond acceptors (Lipinski definition) is 5. The lowest BCUT2D eigenvalue weighted by Gasteiger charge is -2.38. The highest BCUT2D eigenvalue weighted by molar-refractivity contribution is 5.21. The molecule has 94 valence electrons. The molecule has 1 heterocycles. The van der Waals surface area contributed by atoms with E-state index in [-0.39, 0.29) is 0 Å². The Balaban J connectivity index is 2.06. The molecule has 1 aliphatic rings. The molecule has 0 amide bonds. The van der Waals surface area contributed by atoms with E-state index in [4.69, 9.17) is 9.47 Å². The van der Waals surface area contributed by atoms with E-state index in [2.05, 4.69) is 0 Å². The molecule has 5 heteroatoms. The molecule has 1 aliphatic heterocycles. The van der Waals surface area contributed by atoms with Crippen LogP contribution in [0.25, 0.3) is 0 Å². The minimum atomic E-state index is -1.28. The zero-order valence-electron chi connectivity index (χ0n) is 9.43. The number of benzene rings is 1. The first kappa shape index (κ1) is 12.3. The van der Waals surface area contributed by atoms with Crippen molar-refractivity contribution in [2.24, 2.45) is 0 Å². The van der Waals surface area contributed by atoms with Crippen LogP contribution in [0.1, 0.15) is 6.92 Å². The van der Waals surface area contributed by atoms with E-state index in [0.717, 1.165) is 0 Å². The Labute approximate surface area is 99.2 Å². The van der Waals surface area contributed by atoms with Gasteiger partial charge in [0.1, 0.15) is 24.1 Å². The highest BCUT2D eigenvalue weighted by Gasteiger charge is 2.43. The standard InChI is InChI=1S/C12H16O5/c1-7-9(13)10(14)11(15)12(16-7)17-8-5-3-2-4-6-8/h2-7,9-15H,1H3/t7-,9-,10+,11-,12?/m1/s1. The second-order valence-electron chi connectivity index (χ2n) is 4.11. The van der Waals surface area contributed by atoms with Crippen LogP contribution in [0.4, 0.5) is 0 Å². The summed E-state index contributed by atoms with van der Waals surface area (Å²) in [4.78, 5) is 0. The number of aliphatic hydroxyl groups excluding tert-OH is 3. The van der Waals surface area contributed by atoms with Gasteiger partial charge in [-0.1, -0.05) is 18.2 Å². The lowest BCUT2D eigenvalue weighted by molar-refractivity contribution is -0.268. The minimum Gasteiger partial charge on any atom is -0.462 e. The van der Waals surface area contributed by atoms with E-state index >= 15 is 0 Å². The maximum absolute atomic E-state index is 9.73. The Morgan fingerprint density at radius 1 is 1.00 bits per heavy atom. The molecule has 5 atom stereocenters. The zero-order valence-corrected chi connectivity index (χ0v) is 9.43. The van der Waals surface area contributed by atoms with Crippen LogP contribution in [-0.2, 0) is 4.74 Å². The van der Waals surface area contributed by atoms with E-state index in [0.29, 0.717) is 5.75 Å². The van der Waals surface area contributed by atoms with Crippen molar-refractivity contribution < 1.29 is 24.8 Å². The van der Waals surface area contributed by atoms with Crippen LogP contribution in [0.5, 0.6) is 5.75 Å². The third-order valence-corrected chi connectivity index (χ3v) is 2.80. The molecule has 0 radical (unpaired) electrons. The number of para-hydroxylation sites is 1. The minimum absolute atomic E-state index is 0.535. The molecular formula is C12H16O5. The smallest absolute Gasteiger partial charge is 0.229 e. The number of hydrogen-bond donors (Lipinski definition) is 3. The summed E-state index contributed by atoms with van der Waals surface area (Å²) in [6, 6.07) is 8.86. The molecule has 1 fully saturated rings. The average molecular weight is 240 g/mol. The Bertz CT molecular complexity index is 355. The number of ether oxygens (including phenoxy) is 2. The van der Waals surface area contributed by atoms with Gasteiger partial charge < -0.3 is 24.8 Å². The van der Waals surface area contributed by atoms with Gasteiger partial charge in [-0.25, -0.2) is 0 Å². The Morgan fingerprint density at radius 2 is 1.65 bits per heavy atom. The van der Waals surface area contributed by atoms with Crippen LogP contribution in [0, 0.1) is 0 Å². The molecule has 0 spiro atoms. The SMILES string of the molecule is C[C@H]1OC(Oc2ccccc2)[C@H](O)[C@@H](O)[C@@H]1O. The molecule has 0 bridgehead atoms. The van der Waals surface area contributed by atoms with Crippen molar-refractivity contribution in [3.8, 4) is 5.75 Å². The van der Waals surface area contributed by atoms with E-state index < -0.39 is 30.7 Å². The molecule has 5 nitrogen and oxygen atoms in total. The molecule has 1 aromatic rings. The molecule has 1 unspecified atom stereocenters. The fourth-order valence-corrected chi connectivity index (χ4v) is 1.74. The summed E-state index contributed by atoms with van der Waals surface area (Å²) >= 11 is 0. The molecule has 1 saturated heterocycles. The third-order valence-electron chi connectivity index (χ3n) is 2.80. The number of aliphatic hydroxyl groups is 3. The second-order valence-corrected chi connectivity index (χ2v) is 4.11. The van der Waals surface area contributed by atoms with Crippen molar-refractivity contribution in [2.45, 2.75) is 37.6 Å². The van der Waals surface area contributed by atoms with Crippen molar-refractivity contribution in [3.63, 3.8) is 0 Å². The Morgan fingerprint density at radius 3 is 2.29 bits per heavy atom. The lowest BCUT2D eigenvalue weighted by Crippen LogP contribution is -2.58. The van der Waals surface area contributed by atoms with Crippen LogP contribution in [0.3, 0.4) is 0 Å². The van der Waals surface area contributed by atoms with Gasteiger partial charge in [0, 0.05) is 0 Å². The van der Waals surface area contributed by atoms with Crippen molar-refractivity contribution in [3.05, 3.63) is 30.3 Å². The monoisotopic (exact) mass is 240 g/mol. The van der Waals surface area contributed by atoms with Crippen molar-refractivity contribution in [1.82, 2.24) is 0 Å². The molecule has 0 aromatic heterocycles. The highest BCUT2D eigenvalue weighted by Crippen LogP contribution is 2.23. The zero-order chi connectivity index (χ0) is 12.4. The van der Waals surface area contributed by atoms with Gasteiger partial charge in [-0.3, -0.25) is 0 Å². The summed E-state index contributed by atoms with van der Waals surface area (Å²) in [5.74, 6) is 0.535. The van der Waals surface area contributed by atoms with Crippen LogP contribution >= 0.6 is 0 Å². The first-order valence-electron chi connectivity index (χ1n) is 5.51. The van der Waals surface area contributed by atoms with Crippen molar-refractivity contribution in [1.29, 1.82) is 0 Å². The molecule has 3 N–H and O–H groups in total. The molecule has 0 saturated carbocycles. The first-order valence-corrected chi connectivity index (χ1v) is 5.51. The van der Waals surface area contributed by atoms with E-state index in [1.165, 1.54) is 0 Å². The average Bonchev–Trinajstić information content (AvgIpc) is 2.35. The predicted molar refractivity (Wildman–Crippen MR) is 59.4 cm³/mol. The molecule has 0 aliphatic carbocycles. The van der Waals surface area contributed by atoms with Gasteiger partial charge in [0.25, 0.3) is 0 Å². The summed E-state index contributed by atoms with van der Waals surface area (Å²) in [6.07, 6.45) is -5.23. The lowest BCUT2D eigenvalue weighted by atomic mass is 10.00. The van der Waals surface area contributed by atoms with Crippen LogP contribution in [0.15, 0.2) is 30.3 Å².